The lowest BCUT2D eigenvalue weighted by Crippen LogP contribution is -2.28. The minimum Gasteiger partial charge on any atom is -0.490 e. The monoisotopic (exact) mass is 483 g/mol. The largest absolute Gasteiger partial charge is 0.490 e. The van der Waals surface area contributed by atoms with Crippen LogP contribution in [0.25, 0.3) is 0 Å². The number of hydrogen-bond donors (Lipinski definition) is 3. The van der Waals surface area contributed by atoms with Crippen molar-refractivity contribution in [3.63, 3.8) is 0 Å². The molecule has 1 atom stereocenters. The number of aromatic nitrogens is 1. The quantitative estimate of drug-likeness (QED) is 0.463. The molecule has 4 rings (SSSR count). The van der Waals surface area contributed by atoms with E-state index in [4.69, 9.17) is 9.47 Å². The number of anilines is 2. The summed E-state index contributed by atoms with van der Waals surface area (Å²) in [4.78, 5) is 27.7. The van der Waals surface area contributed by atoms with E-state index in [9.17, 15) is 18.4 Å². The Morgan fingerprint density at radius 3 is 2.56 bits per heavy atom. The van der Waals surface area contributed by atoms with Crippen LogP contribution in [0.5, 0.6) is 11.5 Å². The van der Waals surface area contributed by atoms with Crippen molar-refractivity contribution < 1.29 is 23.0 Å². The normalized spacial score (nSPS) is 13.6. The second kappa shape index (κ2) is 10.1. The van der Waals surface area contributed by atoms with Crippen LogP contribution in [0.3, 0.4) is 0 Å². The number of aryl methyl sites for hydroxylation is 2. The number of rotatable bonds is 6. The second-order valence-corrected chi connectivity index (χ2v) is 8.71. The number of aromatic amines is 1. The molecule has 178 valence electrons. The summed E-state index contributed by atoms with van der Waals surface area (Å²) in [5.41, 5.74) is 2.78. The molecular formula is C24H25N3O6S. The highest BCUT2D eigenvalue weighted by atomic mass is 32.2. The lowest BCUT2D eigenvalue weighted by Gasteiger charge is -2.21. The molecule has 2 heterocycles. The molecule has 1 unspecified atom stereocenters. The van der Waals surface area contributed by atoms with E-state index in [1.807, 2.05) is 13.0 Å². The van der Waals surface area contributed by atoms with E-state index < -0.39 is 17.2 Å². The number of carbonyl (C=O) groups is 1. The van der Waals surface area contributed by atoms with Gasteiger partial charge < -0.3 is 19.8 Å². The molecule has 3 aromatic rings. The van der Waals surface area contributed by atoms with E-state index in [1.165, 1.54) is 10.4 Å². The zero-order chi connectivity index (χ0) is 24.2. The Bertz CT molecular complexity index is 1310. The maximum absolute atomic E-state index is 12.8. The highest BCUT2D eigenvalue weighted by Gasteiger charge is 2.20. The number of benzene rings is 2. The number of nitrogens with one attached hydrogen (secondary N) is 2. The van der Waals surface area contributed by atoms with Gasteiger partial charge in [0, 0.05) is 35.9 Å². The minimum atomic E-state index is -2.41. The van der Waals surface area contributed by atoms with Crippen molar-refractivity contribution in [1.82, 2.24) is 10.3 Å². The molecule has 9 nitrogen and oxygen atoms in total. The summed E-state index contributed by atoms with van der Waals surface area (Å²) in [6, 6.07) is 13.2. The Hall–Kier alpha value is -3.63. The molecule has 34 heavy (non-hydrogen) atoms. The SMILES string of the molecule is Cc1cc(C)c(CNC(=O)c2cccc(N(c3ccc4c(c3)OCCCO4)S(=O)O)c2)c(=O)[nH]1. The number of hydrogen-bond acceptors (Lipinski definition) is 5. The summed E-state index contributed by atoms with van der Waals surface area (Å²) in [6.07, 6.45) is 0.741. The van der Waals surface area contributed by atoms with Crippen LogP contribution in [0, 0.1) is 13.8 Å². The first-order valence-corrected chi connectivity index (χ1v) is 11.8. The van der Waals surface area contributed by atoms with E-state index in [2.05, 4.69) is 10.3 Å². The first kappa shape index (κ1) is 23.5. The predicted molar refractivity (Wildman–Crippen MR) is 129 cm³/mol. The van der Waals surface area contributed by atoms with Crippen molar-refractivity contribution in [2.24, 2.45) is 0 Å². The van der Waals surface area contributed by atoms with Gasteiger partial charge in [-0.2, -0.15) is 0 Å². The molecule has 1 amide bonds. The van der Waals surface area contributed by atoms with Crippen molar-refractivity contribution >= 4 is 28.5 Å². The summed E-state index contributed by atoms with van der Waals surface area (Å²) in [7, 11) is 0. The Kier molecular flexibility index (Phi) is 6.99. The van der Waals surface area contributed by atoms with Crippen LogP contribution in [0.15, 0.2) is 53.3 Å². The number of H-pyrrole nitrogens is 1. The first-order valence-electron chi connectivity index (χ1n) is 10.7. The Balaban J connectivity index is 1.58. The van der Waals surface area contributed by atoms with Crippen LogP contribution in [0.1, 0.15) is 33.6 Å². The first-order chi connectivity index (χ1) is 16.3. The average molecular weight is 484 g/mol. The zero-order valence-electron chi connectivity index (χ0n) is 18.8. The maximum atomic E-state index is 12.8. The number of ether oxygens (including phenoxy) is 2. The molecule has 0 spiro atoms. The third-order valence-electron chi connectivity index (χ3n) is 5.38. The van der Waals surface area contributed by atoms with E-state index in [-0.39, 0.29) is 17.7 Å². The average Bonchev–Trinajstić information content (AvgIpc) is 3.03. The fourth-order valence-corrected chi connectivity index (χ4v) is 4.34. The van der Waals surface area contributed by atoms with Gasteiger partial charge in [0.1, 0.15) is 0 Å². The fourth-order valence-electron chi connectivity index (χ4n) is 3.75. The van der Waals surface area contributed by atoms with Crippen LogP contribution < -0.4 is 24.7 Å². The molecule has 1 aromatic heterocycles. The predicted octanol–water partition coefficient (Wildman–Crippen LogP) is 3.36. The van der Waals surface area contributed by atoms with E-state index in [0.717, 1.165) is 17.7 Å². The van der Waals surface area contributed by atoms with Crippen molar-refractivity contribution in [2.45, 2.75) is 26.8 Å². The standard InChI is InChI=1S/C24H25N3O6S/c1-15-11-16(2)26-24(29)20(15)14-25-23(28)17-5-3-6-18(12-17)27(34(30)31)19-7-8-21-22(13-19)33-10-4-9-32-21/h3,5-8,11-13H,4,9-10,14H2,1-2H3,(H,25,28)(H,26,29)(H,30,31). The minimum absolute atomic E-state index is 0.0579. The summed E-state index contributed by atoms with van der Waals surface area (Å²) < 4.78 is 34.8. The molecule has 0 saturated heterocycles. The van der Waals surface area contributed by atoms with Crippen molar-refractivity contribution in [2.75, 3.05) is 17.5 Å². The molecule has 3 N–H and O–H groups in total. The van der Waals surface area contributed by atoms with Crippen molar-refractivity contribution in [3.8, 4) is 11.5 Å². The highest BCUT2D eigenvalue weighted by Crippen LogP contribution is 2.36. The molecule has 10 heteroatoms. The van der Waals surface area contributed by atoms with Crippen LogP contribution in [-0.4, -0.2) is 32.9 Å². The number of nitrogens with zero attached hydrogens (tertiary/aromatic N) is 1. The van der Waals surface area contributed by atoms with E-state index in [1.54, 1.807) is 43.3 Å². The summed E-state index contributed by atoms with van der Waals surface area (Å²) >= 11 is -2.41. The van der Waals surface area contributed by atoms with Gasteiger partial charge in [0.25, 0.3) is 22.7 Å². The molecule has 0 bridgehead atoms. The molecule has 2 aromatic carbocycles. The Morgan fingerprint density at radius 1 is 1.09 bits per heavy atom. The molecule has 1 aliphatic rings. The van der Waals surface area contributed by atoms with E-state index in [0.29, 0.717) is 41.7 Å². The lowest BCUT2D eigenvalue weighted by atomic mass is 10.1. The number of amides is 1. The molecule has 0 radical (unpaired) electrons. The summed E-state index contributed by atoms with van der Waals surface area (Å²) in [5.74, 6) is 0.640. The molecular weight excluding hydrogens is 458 g/mol. The van der Waals surface area contributed by atoms with Crippen LogP contribution in [0.4, 0.5) is 11.4 Å². The zero-order valence-corrected chi connectivity index (χ0v) is 19.6. The number of pyridine rings is 1. The molecule has 1 aliphatic heterocycles. The highest BCUT2D eigenvalue weighted by molar-refractivity contribution is 7.81. The van der Waals surface area contributed by atoms with Crippen molar-refractivity contribution in [3.05, 3.63) is 81.3 Å². The van der Waals surface area contributed by atoms with Crippen molar-refractivity contribution in [1.29, 1.82) is 0 Å². The molecule has 0 aliphatic carbocycles. The second-order valence-electron chi connectivity index (χ2n) is 7.88. The van der Waals surface area contributed by atoms with Crippen LogP contribution >= 0.6 is 0 Å². The maximum Gasteiger partial charge on any atom is 0.266 e. The van der Waals surface area contributed by atoms with Gasteiger partial charge in [-0.15, -0.1) is 0 Å². The van der Waals surface area contributed by atoms with Gasteiger partial charge in [0.05, 0.1) is 24.6 Å². The van der Waals surface area contributed by atoms with Gasteiger partial charge >= 0.3 is 0 Å². The number of carbonyl (C=O) groups excluding carboxylic acids is 1. The lowest BCUT2D eigenvalue weighted by molar-refractivity contribution is 0.0950. The van der Waals surface area contributed by atoms with Crippen LogP contribution in [0.2, 0.25) is 0 Å². The van der Waals surface area contributed by atoms with Crippen LogP contribution in [-0.2, 0) is 17.8 Å². The van der Waals surface area contributed by atoms with Gasteiger partial charge in [0.15, 0.2) is 11.5 Å². The van der Waals surface area contributed by atoms with Gasteiger partial charge in [0.2, 0.25) is 0 Å². The molecule has 0 fully saturated rings. The van der Waals surface area contributed by atoms with Gasteiger partial charge in [-0.25, -0.2) is 8.51 Å². The molecule has 0 saturated carbocycles. The third-order valence-corrected chi connectivity index (χ3v) is 6.12. The summed E-state index contributed by atoms with van der Waals surface area (Å²) in [5, 5.41) is 2.75. The van der Waals surface area contributed by atoms with E-state index >= 15 is 0 Å². The van der Waals surface area contributed by atoms with Gasteiger partial charge in [-0.3, -0.25) is 14.1 Å². The Morgan fingerprint density at radius 2 is 1.82 bits per heavy atom. The fraction of sp³-hybridized carbons (Fsp3) is 0.250. The van der Waals surface area contributed by atoms with Gasteiger partial charge in [-0.05, 0) is 55.8 Å². The number of fused-ring (bicyclic) bond motifs is 1. The third kappa shape index (κ3) is 5.13. The Labute approximate surface area is 199 Å². The smallest absolute Gasteiger partial charge is 0.266 e. The summed E-state index contributed by atoms with van der Waals surface area (Å²) in [6.45, 7) is 4.68. The topological polar surface area (TPSA) is 121 Å². The van der Waals surface area contributed by atoms with Gasteiger partial charge in [-0.1, -0.05) is 6.07 Å².